The van der Waals surface area contributed by atoms with Gasteiger partial charge in [0, 0.05) is 12.3 Å². The van der Waals surface area contributed by atoms with Gasteiger partial charge in [0.15, 0.2) is 5.75 Å². The normalized spacial score (nSPS) is 10.6. The Kier molecular flexibility index (Phi) is 2.53. The van der Waals surface area contributed by atoms with E-state index in [0.717, 1.165) is 0 Å². The van der Waals surface area contributed by atoms with Gasteiger partial charge in [-0.25, -0.2) is 0 Å². The van der Waals surface area contributed by atoms with Crippen molar-refractivity contribution in [3.05, 3.63) is 28.2 Å². The average Bonchev–Trinajstić information content (AvgIpc) is 1.98. The quantitative estimate of drug-likeness (QED) is 0.697. The molecule has 0 bridgehead atoms. The Hall–Kier alpha value is -1.25. The number of aromatic nitrogens is 1. The van der Waals surface area contributed by atoms with Gasteiger partial charge in [-0.3, -0.25) is 4.79 Å². The second kappa shape index (κ2) is 3.43. The first-order chi connectivity index (χ1) is 5.61. The van der Waals surface area contributed by atoms with Gasteiger partial charge in [0.25, 0.3) is 0 Å². The molecule has 3 nitrogen and oxygen atoms in total. The number of hydrogen-bond donors (Lipinski definition) is 2. The van der Waals surface area contributed by atoms with Crippen LogP contribution in [0.4, 0.5) is 0 Å². The van der Waals surface area contributed by atoms with E-state index in [9.17, 15) is 9.90 Å². The molecule has 1 rings (SSSR count). The zero-order valence-corrected chi connectivity index (χ0v) is 7.29. The molecular formula is C9H13NO2. The highest BCUT2D eigenvalue weighted by molar-refractivity contribution is 5.25. The van der Waals surface area contributed by atoms with Crippen LogP contribution in [-0.4, -0.2) is 10.1 Å². The first-order valence-corrected chi connectivity index (χ1v) is 4.00. The van der Waals surface area contributed by atoms with Crippen LogP contribution in [0.1, 0.15) is 19.5 Å². The van der Waals surface area contributed by atoms with Gasteiger partial charge in [-0.2, -0.15) is 0 Å². The fourth-order valence-corrected chi connectivity index (χ4v) is 1.08. The Morgan fingerprint density at radius 2 is 2.25 bits per heavy atom. The van der Waals surface area contributed by atoms with E-state index in [1.165, 1.54) is 6.07 Å². The number of aromatic amines is 1. The van der Waals surface area contributed by atoms with E-state index in [2.05, 4.69) is 4.98 Å². The minimum absolute atomic E-state index is 0.147. The molecule has 2 N–H and O–H groups in total. The molecule has 66 valence electrons. The summed E-state index contributed by atoms with van der Waals surface area (Å²) in [7, 11) is 0. The van der Waals surface area contributed by atoms with Gasteiger partial charge in [-0.1, -0.05) is 13.8 Å². The monoisotopic (exact) mass is 167 g/mol. The summed E-state index contributed by atoms with van der Waals surface area (Å²) in [4.78, 5) is 13.8. The summed E-state index contributed by atoms with van der Waals surface area (Å²) in [5.74, 6) is 0.278. The first-order valence-electron chi connectivity index (χ1n) is 4.00. The number of pyridine rings is 1. The summed E-state index contributed by atoms with van der Waals surface area (Å²) < 4.78 is 0. The molecule has 0 saturated carbocycles. The number of hydrogen-bond acceptors (Lipinski definition) is 2. The van der Waals surface area contributed by atoms with Gasteiger partial charge >= 0.3 is 0 Å². The first kappa shape index (κ1) is 8.84. The second-order valence-corrected chi connectivity index (χ2v) is 3.27. The minimum Gasteiger partial charge on any atom is -0.503 e. The number of rotatable bonds is 2. The second-order valence-electron chi connectivity index (χ2n) is 3.27. The predicted molar refractivity (Wildman–Crippen MR) is 47.3 cm³/mol. The summed E-state index contributed by atoms with van der Waals surface area (Å²) in [6.07, 6.45) is 2.25. The van der Waals surface area contributed by atoms with Crippen molar-refractivity contribution in [3.63, 3.8) is 0 Å². The topological polar surface area (TPSA) is 53.1 Å². The van der Waals surface area contributed by atoms with Gasteiger partial charge in [0.05, 0.1) is 5.69 Å². The molecule has 0 aliphatic rings. The summed E-state index contributed by atoms with van der Waals surface area (Å²) in [5.41, 5.74) is 0.307. The van der Waals surface area contributed by atoms with Gasteiger partial charge in [0.1, 0.15) is 0 Å². The molecule has 12 heavy (non-hydrogen) atoms. The van der Waals surface area contributed by atoms with Crippen LogP contribution in [0.15, 0.2) is 17.1 Å². The van der Waals surface area contributed by atoms with E-state index in [1.54, 1.807) is 6.20 Å². The third-order valence-electron chi connectivity index (χ3n) is 1.62. The molecule has 0 saturated heterocycles. The summed E-state index contributed by atoms with van der Waals surface area (Å²) in [6.45, 7) is 4.06. The van der Waals surface area contributed by atoms with Gasteiger partial charge in [-0.05, 0) is 12.3 Å². The van der Waals surface area contributed by atoms with E-state index in [0.29, 0.717) is 18.0 Å². The van der Waals surface area contributed by atoms with E-state index in [-0.39, 0.29) is 11.2 Å². The fourth-order valence-electron chi connectivity index (χ4n) is 1.08. The smallest absolute Gasteiger partial charge is 0.223 e. The summed E-state index contributed by atoms with van der Waals surface area (Å²) in [5, 5.41) is 9.30. The van der Waals surface area contributed by atoms with E-state index in [4.69, 9.17) is 0 Å². The van der Waals surface area contributed by atoms with Crippen molar-refractivity contribution in [1.29, 1.82) is 0 Å². The number of aromatic hydroxyl groups is 1. The molecule has 0 aromatic carbocycles. The number of nitrogens with one attached hydrogen (secondary N) is 1. The van der Waals surface area contributed by atoms with Crippen LogP contribution in [0.5, 0.6) is 5.75 Å². The maximum Gasteiger partial charge on any atom is 0.223 e. The highest BCUT2D eigenvalue weighted by atomic mass is 16.3. The molecule has 0 radical (unpaired) electrons. The van der Waals surface area contributed by atoms with Gasteiger partial charge in [-0.15, -0.1) is 0 Å². The molecule has 0 amide bonds. The zero-order chi connectivity index (χ0) is 9.14. The summed E-state index contributed by atoms with van der Waals surface area (Å²) in [6, 6.07) is 1.32. The van der Waals surface area contributed by atoms with Crippen molar-refractivity contribution in [2.75, 3.05) is 0 Å². The molecule has 1 aromatic heterocycles. The average molecular weight is 167 g/mol. The Labute approximate surface area is 71.1 Å². The predicted octanol–water partition coefficient (Wildman–Crippen LogP) is 1.28. The van der Waals surface area contributed by atoms with Crippen LogP contribution >= 0.6 is 0 Å². The molecule has 0 atom stereocenters. The molecule has 0 fully saturated rings. The zero-order valence-electron chi connectivity index (χ0n) is 7.29. The molecule has 1 aromatic rings. The third kappa shape index (κ3) is 1.87. The van der Waals surface area contributed by atoms with Crippen LogP contribution in [-0.2, 0) is 6.42 Å². The molecule has 1 heterocycles. The lowest BCUT2D eigenvalue weighted by atomic mass is 10.1. The Morgan fingerprint density at radius 3 is 2.83 bits per heavy atom. The van der Waals surface area contributed by atoms with Crippen molar-refractivity contribution in [1.82, 2.24) is 4.98 Å². The van der Waals surface area contributed by atoms with Crippen molar-refractivity contribution < 1.29 is 5.11 Å². The maximum atomic E-state index is 11.0. The van der Waals surface area contributed by atoms with E-state index >= 15 is 0 Å². The van der Waals surface area contributed by atoms with Crippen molar-refractivity contribution >= 4 is 0 Å². The van der Waals surface area contributed by atoms with Crippen molar-refractivity contribution in [2.24, 2.45) is 5.92 Å². The van der Waals surface area contributed by atoms with Crippen LogP contribution < -0.4 is 5.43 Å². The molecule has 3 heteroatoms. The van der Waals surface area contributed by atoms with Crippen LogP contribution in [0.3, 0.4) is 0 Å². The lowest BCUT2D eigenvalue weighted by molar-refractivity contribution is 0.452. The third-order valence-corrected chi connectivity index (χ3v) is 1.62. The molecule has 0 aliphatic carbocycles. The van der Waals surface area contributed by atoms with Gasteiger partial charge in [0.2, 0.25) is 5.43 Å². The molecular weight excluding hydrogens is 154 g/mol. The highest BCUT2D eigenvalue weighted by Crippen LogP contribution is 2.11. The van der Waals surface area contributed by atoms with E-state index in [1.807, 2.05) is 13.8 Å². The van der Waals surface area contributed by atoms with Gasteiger partial charge < -0.3 is 10.1 Å². The fraction of sp³-hybridized carbons (Fsp3) is 0.444. The standard InChI is InChI=1S/C9H13NO2/c1-6(2)5-7-9(12)8(11)3-4-10-7/h3-4,6,12H,5H2,1-2H3,(H,10,11). The number of H-pyrrole nitrogens is 1. The largest absolute Gasteiger partial charge is 0.503 e. The van der Waals surface area contributed by atoms with Crippen LogP contribution in [0.2, 0.25) is 0 Å². The van der Waals surface area contributed by atoms with Crippen LogP contribution in [0, 0.1) is 5.92 Å². The molecule has 0 spiro atoms. The lowest BCUT2D eigenvalue weighted by Crippen LogP contribution is -2.05. The molecule has 0 unspecified atom stereocenters. The Balaban J connectivity index is 3.00. The Morgan fingerprint density at radius 1 is 1.58 bits per heavy atom. The van der Waals surface area contributed by atoms with Crippen molar-refractivity contribution in [3.8, 4) is 5.75 Å². The highest BCUT2D eigenvalue weighted by Gasteiger charge is 2.05. The van der Waals surface area contributed by atoms with Crippen molar-refractivity contribution in [2.45, 2.75) is 20.3 Å². The Bertz CT molecular complexity index is 315. The minimum atomic E-state index is -0.315. The lowest BCUT2D eigenvalue weighted by Gasteiger charge is -2.05. The maximum absolute atomic E-state index is 11.0. The van der Waals surface area contributed by atoms with E-state index < -0.39 is 0 Å². The summed E-state index contributed by atoms with van der Waals surface area (Å²) >= 11 is 0. The van der Waals surface area contributed by atoms with Crippen LogP contribution in [0.25, 0.3) is 0 Å². The molecule has 0 aliphatic heterocycles. The SMILES string of the molecule is CC(C)Cc1[nH]ccc(=O)c1O.